The van der Waals surface area contributed by atoms with E-state index in [1.165, 1.54) is 0 Å². The Hall–Kier alpha value is -1.29. The van der Waals surface area contributed by atoms with Crippen LogP contribution in [0.15, 0.2) is 18.3 Å². The van der Waals surface area contributed by atoms with Crippen molar-refractivity contribution in [2.45, 2.75) is 20.0 Å². The van der Waals surface area contributed by atoms with E-state index in [1.807, 2.05) is 13.0 Å². The fourth-order valence-electron chi connectivity index (χ4n) is 0.984. The Labute approximate surface area is 83.9 Å². The molecule has 1 aromatic rings. The Morgan fingerprint density at radius 1 is 1.57 bits per heavy atom. The smallest absolute Gasteiger partial charge is 0.213 e. The molecule has 1 unspecified atom stereocenters. The van der Waals surface area contributed by atoms with Crippen molar-refractivity contribution in [3.63, 3.8) is 0 Å². The molecule has 0 aliphatic carbocycles. The fraction of sp³-hybridized carbons (Fsp3) is 0.500. The first-order valence-corrected chi connectivity index (χ1v) is 4.73. The van der Waals surface area contributed by atoms with Gasteiger partial charge in [0.15, 0.2) is 0 Å². The number of hydrogen-bond donors (Lipinski definition) is 2. The molecule has 0 aromatic carbocycles. The maximum atomic E-state index is 9.04. The first-order valence-electron chi connectivity index (χ1n) is 4.73. The molecule has 1 aromatic heterocycles. The second-order valence-corrected chi connectivity index (χ2v) is 3.05. The van der Waals surface area contributed by atoms with Gasteiger partial charge in [-0.05, 0) is 19.9 Å². The molecule has 0 aliphatic heterocycles. The third-order valence-corrected chi connectivity index (χ3v) is 1.63. The van der Waals surface area contributed by atoms with E-state index in [2.05, 4.69) is 10.3 Å². The Morgan fingerprint density at radius 2 is 2.36 bits per heavy atom. The highest BCUT2D eigenvalue weighted by Gasteiger charge is 1.97. The molecule has 4 nitrogen and oxygen atoms in total. The molecular weight excluding hydrogens is 180 g/mol. The topological polar surface area (TPSA) is 54.4 Å². The van der Waals surface area contributed by atoms with Gasteiger partial charge in [-0.2, -0.15) is 0 Å². The van der Waals surface area contributed by atoms with Crippen molar-refractivity contribution >= 4 is 5.69 Å². The van der Waals surface area contributed by atoms with E-state index in [0.29, 0.717) is 19.0 Å². The highest BCUT2D eigenvalue weighted by molar-refractivity contribution is 5.41. The average Bonchev–Trinajstić information content (AvgIpc) is 2.17. The molecule has 1 atom stereocenters. The molecule has 0 fully saturated rings. The van der Waals surface area contributed by atoms with Crippen molar-refractivity contribution in [3.05, 3.63) is 18.3 Å². The number of aliphatic hydroxyl groups excluding tert-OH is 1. The van der Waals surface area contributed by atoms with Crippen molar-refractivity contribution in [1.82, 2.24) is 4.98 Å². The molecule has 0 radical (unpaired) electrons. The summed E-state index contributed by atoms with van der Waals surface area (Å²) in [6.07, 6.45) is 1.33. The van der Waals surface area contributed by atoms with E-state index < -0.39 is 0 Å². The van der Waals surface area contributed by atoms with Crippen LogP contribution in [0.5, 0.6) is 5.88 Å². The van der Waals surface area contributed by atoms with Crippen LogP contribution >= 0.6 is 0 Å². The molecule has 0 saturated carbocycles. The zero-order chi connectivity index (χ0) is 10.4. The van der Waals surface area contributed by atoms with Gasteiger partial charge in [0.1, 0.15) is 0 Å². The summed E-state index contributed by atoms with van der Waals surface area (Å²) in [5, 5.41) is 12.1. The molecule has 0 saturated heterocycles. The number of aromatic nitrogens is 1. The minimum atomic E-state index is -0.360. The van der Waals surface area contributed by atoms with Crippen LogP contribution in [0, 0.1) is 0 Å². The van der Waals surface area contributed by atoms with E-state index in [1.54, 1.807) is 19.2 Å². The number of hydrogen-bond acceptors (Lipinski definition) is 4. The van der Waals surface area contributed by atoms with Crippen LogP contribution < -0.4 is 10.1 Å². The maximum Gasteiger partial charge on any atom is 0.213 e. The number of ether oxygens (including phenoxy) is 1. The minimum Gasteiger partial charge on any atom is -0.478 e. The van der Waals surface area contributed by atoms with E-state index in [0.717, 1.165) is 5.69 Å². The van der Waals surface area contributed by atoms with Crippen LogP contribution in [0.2, 0.25) is 0 Å². The molecule has 0 amide bonds. The first-order chi connectivity index (χ1) is 6.72. The predicted molar refractivity (Wildman–Crippen MR) is 55.6 cm³/mol. The van der Waals surface area contributed by atoms with Gasteiger partial charge in [-0.15, -0.1) is 0 Å². The highest BCUT2D eigenvalue weighted by Crippen LogP contribution is 2.11. The summed E-state index contributed by atoms with van der Waals surface area (Å²) >= 11 is 0. The summed E-state index contributed by atoms with van der Waals surface area (Å²) in [6, 6.07) is 3.67. The van der Waals surface area contributed by atoms with E-state index in [9.17, 15) is 0 Å². The maximum absolute atomic E-state index is 9.04. The first kappa shape index (κ1) is 10.8. The number of nitrogens with zero attached hydrogens (tertiary/aromatic N) is 1. The summed E-state index contributed by atoms with van der Waals surface area (Å²) in [6.45, 7) is 4.79. The van der Waals surface area contributed by atoms with Gasteiger partial charge in [0.05, 0.1) is 24.6 Å². The van der Waals surface area contributed by atoms with E-state index in [4.69, 9.17) is 9.84 Å². The van der Waals surface area contributed by atoms with E-state index >= 15 is 0 Å². The van der Waals surface area contributed by atoms with Crippen molar-refractivity contribution in [3.8, 4) is 5.88 Å². The Kier molecular flexibility index (Phi) is 4.19. The Balaban J connectivity index is 2.46. The highest BCUT2D eigenvalue weighted by atomic mass is 16.5. The van der Waals surface area contributed by atoms with Crippen LogP contribution in [-0.2, 0) is 0 Å². The van der Waals surface area contributed by atoms with Crippen molar-refractivity contribution < 1.29 is 9.84 Å². The van der Waals surface area contributed by atoms with Gasteiger partial charge in [-0.25, -0.2) is 4.98 Å². The van der Waals surface area contributed by atoms with Gasteiger partial charge in [0.2, 0.25) is 5.88 Å². The largest absolute Gasteiger partial charge is 0.478 e. The Morgan fingerprint density at radius 3 is 2.86 bits per heavy atom. The van der Waals surface area contributed by atoms with Gasteiger partial charge < -0.3 is 15.2 Å². The SMILES string of the molecule is CCOc1ccc(NCC(C)O)cn1. The quantitative estimate of drug-likeness (QED) is 0.744. The van der Waals surface area contributed by atoms with Gasteiger partial charge >= 0.3 is 0 Å². The molecule has 0 aliphatic rings. The fourth-order valence-corrected chi connectivity index (χ4v) is 0.984. The van der Waals surface area contributed by atoms with Crippen LogP contribution in [0.1, 0.15) is 13.8 Å². The number of aliphatic hydroxyl groups is 1. The lowest BCUT2D eigenvalue weighted by Gasteiger charge is -2.08. The van der Waals surface area contributed by atoms with Crippen molar-refractivity contribution in [1.29, 1.82) is 0 Å². The zero-order valence-corrected chi connectivity index (χ0v) is 8.53. The van der Waals surface area contributed by atoms with Crippen LogP contribution in [0.4, 0.5) is 5.69 Å². The third kappa shape index (κ3) is 3.62. The van der Waals surface area contributed by atoms with Crippen molar-refractivity contribution in [2.75, 3.05) is 18.5 Å². The lowest BCUT2D eigenvalue weighted by Crippen LogP contribution is -2.15. The van der Waals surface area contributed by atoms with Gasteiger partial charge in [0.25, 0.3) is 0 Å². The molecular formula is C10H16N2O2. The third-order valence-electron chi connectivity index (χ3n) is 1.63. The van der Waals surface area contributed by atoms with Crippen LogP contribution in [0.3, 0.4) is 0 Å². The lowest BCUT2D eigenvalue weighted by molar-refractivity contribution is 0.208. The summed E-state index contributed by atoms with van der Waals surface area (Å²) in [7, 11) is 0. The predicted octanol–water partition coefficient (Wildman–Crippen LogP) is 1.27. The monoisotopic (exact) mass is 196 g/mol. The standard InChI is InChI=1S/C10H16N2O2/c1-3-14-10-5-4-9(7-12-10)11-6-8(2)13/h4-5,7-8,11,13H,3,6H2,1-2H3. The van der Waals surface area contributed by atoms with E-state index in [-0.39, 0.29) is 6.10 Å². The molecule has 1 rings (SSSR count). The van der Waals surface area contributed by atoms with Crippen LogP contribution in [0.25, 0.3) is 0 Å². The second kappa shape index (κ2) is 5.44. The van der Waals surface area contributed by atoms with Gasteiger partial charge in [0, 0.05) is 12.6 Å². The average molecular weight is 196 g/mol. The number of rotatable bonds is 5. The normalized spacial score (nSPS) is 12.2. The minimum absolute atomic E-state index is 0.360. The summed E-state index contributed by atoms with van der Waals surface area (Å²) in [5.41, 5.74) is 0.884. The summed E-state index contributed by atoms with van der Waals surface area (Å²) < 4.78 is 5.20. The lowest BCUT2D eigenvalue weighted by atomic mass is 10.3. The molecule has 0 bridgehead atoms. The number of anilines is 1. The molecule has 1 heterocycles. The number of pyridine rings is 1. The molecule has 14 heavy (non-hydrogen) atoms. The summed E-state index contributed by atoms with van der Waals surface area (Å²) in [4.78, 5) is 4.08. The van der Waals surface area contributed by atoms with Gasteiger partial charge in [-0.3, -0.25) is 0 Å². The number of nitrogens with one attached hydrogen (secondary N) is 1. The van der Waals surface area contributed by atoms with Gasteiger partial charge in [-0.1, -0.05) is 0 Å². The molecule has 78 valence electrons. The zero-order valence-electron chi connectivity index (χ0n) is 8.53. The molecule has 2 N–H and O–H groups in total. The molecule has 4 heteroatoms. The molecule has 0 spiro atoms. The second-order valence-electron chi connectivity index (χ2n) is 3.05. The van der Waals surface area contributed by atoms with Crippen LogP contribution in [-0.4, -0.2) is 29.3 Å². The van der Waals surface area contributed by atoms with Crippen molar-refractivity contribution in [2.24, 2.45) is 0 Å². The Bertz CT molecular complexity index is 259. The summed E-state index contributed by atoms with van der Waals surface area (Å²) in [5.74, 6) is 0.620.